The molecule has 3 rings (SSSR count). The van der Waals surface area contributed by atoms with Crippen molar-refractivity contribution in [2.24, 2.45) is 5.92 Å². The number of rotatable bonds is 6. The monoisotopic (exact) mass is 317 g/mol. The molecule has 0 unspecified atom stereocenters. The molecule has 1 aliphatic carbocycles. The molecule has 0 aromatic heterocycles. The van der Waals surface area contributed by atoms with Crippen molar-refractivity contribution in [3.63, 3.8) is 0 Å². The van der Waals surface area contributed by atoms with Gasteiger partial charge in [-0.15, -0.1) is 0 Å². The molecule has 6 nitrogen and oxygen atoms in total. The minimum Gasteiger partial charge on any atom is -0.497 e. The molecule has 1 aliphatic heterocycles. The second-order valence-corrected chi connectivity index (χ2v) is 6.43. The highest BCUT2D eigenvalue weighted by Gasteiger charge is 2.33. The number of hydrogen-bond acceptors (Lipinski definition) is 5. The van der Waals surface area contributed by atoms with Crippen LogP contribution in [0.2, 0.25) is 0 Å². The number of ether oxygens (including phenoxy) is 1. The van der Waals surface area contributed by atoms with Crippen molar-refractivity contribution < 1.29 is 9.66 Å². The smallest absolute Gasteiger partial charge is 0.278 e. The molecule has 0 spiro atoms. The van der Waals surface area contributed by atoms with E-state index in [1.807, 2.05) is 31.2 Å². The number of allylic oxidation sites excluding steroid dienone is 1. The molecule has 0 amide bonds. The predicted octanol–water partition coefficient (Wildman–Crippen LogP) is 2.69. The van der Waals surface area contributed by atoms with Crippen molar-refractivity contribution >= 4 is 0 Å². The van der Waals surface area contributed by atoms with Crippen LogP contribution in [-0.4, -0.2) is 41.6 Å². The molecular formula is C17H23N3O3. The van der Waals surface area contributed by atoms with Crippen molar-refractivity contribution in [1.82, 2.24) is 9.80 Å². The predicted molar refractivity (Wildman–Crippen MR) is 87.4 cm³/mol. The summed E-state index contributed by atoms with van der Waals surface area (Å²) in [6, 6.07) is 7.88. The Morgan fingerprint density at radius 2 is 2.00 bits per heavy atom. The summed E-state index contributed by atoms with van der Waals surface area (Å²) in [6.07, 6.45) is 2.49. The SMILES string of the molecule is COc1ccc(CN2CC([N+](=O)[O-])=C(C)N(CC3CC3)C2)cc1. The summed E-state index contributed by atoms with van der Waals surface area (Å²) in [7, 11) is 1.65. The third-order valence-electron chi connectivity index (χ3n) is 4.60. The van der Waals surface area contributed by atoms with Crippen LogP contribution in [0.1, 0.15) is 25.3 Å². The van der Waals surface area contributed by atoms with E-state index in [-0.39, 0.29) is 4.92 Å². The molecule has 0 bridgehead atoms. The molecule has 0 N–H and O–H groups in total. The molecule has 1 fully saturated rings. The Hall–Kier alpha value is -2.08. The second kappa shape index (κ2) is 6.58. The lowest BCUT2D eigenvalue weighted by molar-refractivity contribution is -0.432. The van der Waals surface area contributed by atoms with Gasteiger partial charge < -0.3 is 9.64 Å². The van der Waals surface area contributed by atoms with Gasteiger partial charge in [-0.25, -0.2) is 0 Å². The number of benzene rings is 1. The summed E-state index contributed by atoms with van der Waals surface area (Å²) >= 11 is 0. The van der Waals surface area contributed by atoms with Crippen molar-refractivity contribution in [3.05, 3.63) is 51.3 Å². The van der Waals surface area contributed by atoms with Crippen molar-refractivity contribution in [3.8, 4) is 5.75 Å². The maximum atomic E-state index is 11.4. The molecule has 6 heteroatoms. The van der Waals surface area contributed by atoms with Crippen LogP contribution >= 0.6 is 0 Å². The molecule has 124 valence electrons. The number of methoxy groups -OCH3 is 1. The Labute approximate surface area is 136 Å². The highest BCUT2D eigenvalue weighted by molar-refractivity contribution is 5.27. The zero-order valence-electron chi connectivity index (χ0n) is 13.7. The molecule has 1 aromatic rings. The van der Waals surface area contributed by atoms with Crippen LogP contribution in [0.15, 0.2) is 35.7 Å². The van der Waals surface area contributed by atoms with Gasteiger partial charge in [0, 0.05) is 13.1 Å². The van der Waals surface area contributed by atoms with Crippen LogP contribution in [0.4, 0.5) is 0 Å². The highest BCUT2D eigenvalue weighted by Crippen LogP contribution is 2.32. The molecule has 1 heterocycles. The average molecular weight is 317 g/mol. The van der Waals surface area contributed by atoms with Crippen molar-refractivity contribution in [1.29, 1.82) is 0 Å². The maximum absolute atomic E-state index is 11.4. The molecule has 1 aromatic carbocycles. The molecule has 0 atom stereocenters. The van der Waals surface area contributed by atoms with Gasteiger partial charge in [0.25, 0.3) is 5.70 Å². The van der Waals surface area contributed by atoms with Crippen LogP contribution < -0.4 is 4.74 Å². The van der Waals surface area contributed by atoms with Crippen LogP contribution in [0.25, 0.3) is 0 Å². The Bertz CT molecular complexity index is 608. The third-order valence-corrected chi connectivity index (χ3v) is 4.60. The summed E-state index contributed by atoms with van der Waals surface area (Å²) in [5, 5.41) is 11.4. The lowest BCUT2D eigenvalue weighted by Crippen LogP contribution is -2.45. The number of nitro groups is 1. The van der Waals surface area contributed by atoms with E-state index in [0.29, 0.717) is 24.7 Å². The van der Waals surface area contributed by atoms with Crippen molar-refractivity contribution in [2.75, 3.05) is 26.9 Å². The fraction of sp³-hybridized carbons (Fsp3) is 0.529. The van der Waals surface area contributed by atoms with Crippen LogP contribution in [0.3, 0.4) is 0 Å². The van der Waals surface area contributed by atoms with E-state index in [4.69, 9.17) is 4.74 Å². The first-order chi connectivity index (χ1) is 11.1. The summed E-state index contributed by atoms with van der Waals surface area (Å²) < 4.78 is 5.17. The average Bonchev–Trinajstić information content (AvgIpc) is 3.35. The van der Waals surface area contributed by atoms with E-state index >= 15 is 0 Å². The molecular weight excluding hydrogens is 294 g/mol. The standard InChI is InChI=1S/C17H23N3O3/c1-13-17(20(21)22)11-18(12-19(13)10-15-3-4-15)9-14-5-7-16(23-2)8-6-14/h5-8,15H,3-4,9-12H2,1-2H3. The first kappa shape index (κ1) is 15.8. The lowest BCUT2D eigenvalue weighted by atomic mass is 10.1. The summed E-state index contributed by atoms with van der Waals surface area (Å²) in [5.41, 5.74) is 2.29. The Kier molecular flexibility index (Phi) is 4.52. The Balaban J connectivity index is 1.72. The molecule has 23 heavy (non-hydrogen) atoms. The van der Waals surface area contributed by atoms with Gasteiger partial charge in [0.15, 0.2) is 0 Å². The summed E-state index contributed by atoms with van der Waals surface area (Å²) in [6.45, 7) is 4.67. The molecule has 1 saturated carbocycles. The lowest BCUT2D eigenvalue weighted by Gasteiger charge is -2.36. The topological polar surface area (TPSA) is 58.9 Å². The first-order valence-corrected chi connectivity index (χ1v) is 8.01. The minimum atomic E-state index is -0.227. The highest BCUT2D eigenvalue weighted by atomic mass is 16.6. The maximum Gasteiger partial charge on any atom is 0.278 e. The zero-order chi connectivity index (χ0) is 16.4. The van der Waals surface area contributed by atoms with Crippen LogP contribution in [0.5, 0.6) is 5.75 Å². The first-order valence-electron chi connectivity index (χ1n) is 8.01. The largest absolute Gasteiger partial charge is 0.497 e. The van der Waals surface area contributed by atoms with E-state index in [1.165, 1.54) is 12.8 Å². The van der Waals surface area contributed by atoms with Gasteiger partial charge in [0.1, 0.15) is 5.75 Å². The summed E-state index contributed by atoms with van der Waals surface area (Å²) in [5.74, 6) is 1.53. The number of nitrogens with zero attached hydrogens (tertiary/aromatic N) is 3. The van der Waals surface area contributed by atoms with Gasteiger partial charge in [-0.3, -0.25) is 15.0 Å². The van der Waals surface area contributed by atoms with Gasteiger partial charge in [-0.05, 0) is 43.4 Å². The quantitative estimate of drug-likeness (QED) is 0.596. The fourth-order valence-corrected chi connectivity index (χ4v) is 3.00. The second-order valence-electron chi connectivity index (χ2n) is 6.43. The van der Waals surface area contributed by atoms with E-state index < -0.39 is 0 Å². The molecule has 0 saturated heterocycles. The van der Waals surface area contributed by atoms with E-state index in [2.05, 4.69) is 9.80 Å². The fourth-order valence-electron chi connectivity index (χ4n) is 3.00. The molecule has 2 aliphatic rings. The van der Waals surface area contributed by atoms with Gasteiger partial charge >= 0.3 is 0 Å². The van der Waals surface area contributed by atoms with E-state index in [0.717, 1.165) is 30.2 Å². The van der Waals surface area contributed by atoms with Gasteiger partial charge in [0.2, 0.25) is 0 Å². The van der Waals surface area contributed by atoms with E-state index in [9.17, 15) is 10.1 Å². The Morgan fingerprint density at radius 3 is 2.57 bits per heavy atom. The summed E-state index contributed by atoms with van der Waals surface area (Å²) in [4.78, 5) is 15.4. The van der Waals surface area contributed by atoms with Gasteiger partial charge in [-0.2, -0.15) is 0 Å². The minimum absolute atomic E-state index is 0.227. The van der Waals surface area contributed by atoms with E-state index in [1.54, 1.807) is 7.11 Å². The normalized spacial score (nSPS) is 19.1. The zero-order valence-corrected chi connectivity index (χ0v) is 13.7. The van der Waals surface area contributed by atoms with Gasteiger partial charge in [-0.1, -0.05) is 12.1 Å². The van der Waals surface area contributed by atoms with Crippen LogP contribution in [-0.2, 0) is 6.54 Å². The number of hydrogen-bond donors (Lipinski definition) is 0. The van der Waals surface area contributed by atoms with Gasteiger partial charge in [0.05, 0.1) is 30.9 Å². The third kappa shape index (κ3) is 3.82. The molecule has 0 radical (unpaired) electrons. The van der Waals surface area contributed by atoms with Crippen LogP contribution in [0, 0.1) is 16.0 Å². The Morgan fingerprint density at radius 1 is 1.30 bits per heavy atom. The van der Waals surface area contributed by atoms with Crippen molar-refractivity contribution in [2.45, 2.75) is 26.3 Å².